The van der Waals surface area contributed by atoms with E-state index >= 15 is 0 Å². The van der Waals surface area contributed by atoms with Gasteiger partial charge in [-0.3, -0.25) is 9.63 Å². The number of rotatable bonds is 8. The highest BCUT2D eigenvalue weighted by Gasteiger charge is 2.26. The normalized spacial score (nSPS) is 16.2. The van der Waals surface area contributed by atoms with E-state index in [9.17, 15) is 4.79 Å². The van der Waals surface area contributed by atoms with Gasteiger partial charge in [-0.1, -0.05) is 30.7 Å². The van der Waals surface area contributed by atoms with Gasteiger partial charge < -0.3 is 9.32 Å². The number of benzene rings is 1. The van der Waals surface area contributed by atoms with Crippen molar-refractivity contribution in [3.05, 3.63) is 59.0 Å². The smallest absolute Gasteiger partial charge is 0.310 e. The molecule has 0 spiro atoms. The second kappa shape index (κ2) is 9.72. The fraction of sp³-hybridized carbons (Fsp3) is 0.500. The molecule has 2 N–H and O–H groups in total. The van der Waals surface area contributed by atoms with Crippen LogP contribution in [0.2, 0.25) is 0 Å². The molecule has 1 atom stereocenters. The van der Waals surface area contributed by atoms with Crippen molar-refractivity contribution in [2.75, 3.05) is 6.61 Å². The van der Waals surface area contributed by atoms with Crippen molar-refractivity contribution in [3.8, 4) is 0 Å². The number of amides is 1. The Morgan fingerprint density at radius 2 is 1.93 bits per heavy atom. The quantitative estimate of drug-likeness (QED) is 0.701. The van der Waals surface area contributed by atoms with E-state index in [4.69, 9.17) is 9.25 Å². The molecule has 1 saturated carbocycles. The number of carbonyl (C=O) groups is 1. The highest BCUT2D eigenvalue weighted by atomic mass is 16.7. The Balaban J connectivity index is 1.72. The molecule has 0 saturated heterocycles. The van der Waals surface area contributed by atoms with Crippen molar-refractivity contribution in [1.82, 2.24) is 5.48 Å². The molecule has 1 aromatic carbocycles. The zero-order valence-electron chi connectivity index (χ0n) is 16.4. The van der Waals surface area contributed by atoms with Crippen LogP contribution in [0.25, 0.3) is 0 Å². The monoisotopic (exact) mass is 371 g/mol. The largest absolute Gasteiger partial charge is 0.450 e. The summed E-state index contributed by atoms with van der Waals surface area (Å²) in [7, 11) is 0. The van der Waals surface area contributed by atoms with Gasteiger partial charge in [0.15, 0.2) is 11.5 Å². The zero-order chi connectivity index (χ0) is 19.1. The molecule has 1 heterocycles. The Labute approximate surface area is 161 Å². The third-order valence-corrected chi connectivity index (χ3v) is 5.46. The first-order valence-corrected chi connectivity index (χ1v) is 10.1. The Morgan fingerprint density at radius 3 is 2.67 bits per heavy atom. The lowest BCUT2D eigenvalue weighted by Crippen LogP contribution is -3.13. The minimum Gasteiger partial charge on any atom is -0.450 e. The van der Waals surface area contributed by atoms with Crippen LogP contribution in [0.15, 0.2) is 40.8 Å². The number of furan rings is 1. The maximum Gasteiger partial charge on any atom is 0.310 e. The van der Waals surface area contributed by atoms with Crippen LogP contribution in [0.3, 0.4) is 0 Å². The molecule has 5 heteroatoms. The Hall–Kier alpha value is -2.11. The number of hydrogen-bond donors (Lipinski definition) is 2. The molecule has 1 amide bonds. The maximum absolute atomic E-state index is 12.0. The highest BCUT2D eigenvalue weighted by Crippen LogP contribution is 2.17. The van der Waals surface area contributed by atoms with Gasteiger partial charge in [0.25, 0.3) is 0 Å². The molecule has 146 valence electrons. The molecule has 5 nitrogen and oxygen atoms in total. The fourth-order valence-electron chi connectivity index (χ4n) is 3.92. The molecule has 1 unspecified atom stereocenters. The molecule has 1 aromatic heterocycles. The summed E-state index contributed by atoms with van der Waals surface area (Å²) in [6.45, 7) is 6.20. The molecule has 27 heavy (non-hydrogen) atoms. The van der Waals surface area contributed by atoms with Crippen molar-refractivity contribution in [2.45, 2.75) is 65.1 Å². The van der Waals surface area contributed by atoms with Gasteiger partial charge in [-0.15, -0.1) is 0 Å². The van der Waals surface area contributed by atoms with Crippen LogP contribution in [0.4, 0.5) is 0 Å². The topological polar surface area (TPSA) is 55.9 Å². The lowest BCUT2D eigenvalue weighted by atomic mass is 9.93. The van der Waals surface area contributed by atoms with E-state index in [1.807, 2.05) is 13.0 Å². The highest BCUT2D eigenvalue weighted by molar-refractivity contribution is 5.90. The van der Waals surface area contributed by atoms with Gasteiger partial charge in [0.2, 0.25) is 0 Å². The third kappa shape index (κ3) is 5.44. The summed E-state index contributed by atoms with van der Waals surface area (Å²) >= 11 is 0. The van der Waals surface area contributed by atoms with Crippen LogP contribution >= 0.6 is 0 Å². The summed E-state index contributed by atoms with van der Waals surface area (Å²) in [6, 6.07) is 12.9. The summed E-state index contributed by atoms with van der Waals surface area (Å²) in [5.74, 6) is 0.823. The van der Waals surface area contributed by atoms with Crippen molar-refractivity contribution in [3.63, 3.8) is 0 Å². The van der Waals surface area contributed by atoms with Crippen LogP contribution < -0.4 is 10.4 Å². The number of hydrogen-bond acceptors (Lipinski definition) is 3. The van der Waals surface area contributed by atoms with Crippen molar-refractivity contribution in [2.24, 2.45) is 0 Å². The number of hydroxylamine groups is 1. The molecule has 1 aliphatic rings. The predicted molar refractivity (Wildman–Crippen MR) is 104 cm³/mol. The third-order valence-electron chi connectivity index (χ3n) is 5.46. The average molecular weight is 372 g/mol. The summed E-state index contributed by atoms with van der Waals surface area (Å²) < 4.78 is 5.82. The standard InChI is InChI=1S/C22H30N2O3/c1-3-26-23-22(25)21-14-13-20(27-21)16-24(19-11-5-4-6-12-19)15-18-10-8-7-9-17(18)2/h7-10,13-14,19H,3-6,11-12,15-16H2,1-2H3,(H,23,25)/p+1. The van der Waals surface area contributed by atoms with E-state index in [0.29, 0.717) is 18.4 Å². The van der Waals surface area contributed by atoms with Gasteiger partial charge in [0, 0.05) is 5.56 Å². The molecule has 0 aliphatic heterocycles. The number of aryl methyl sites for hydroxylation is 1. The molecule has 1 fully saturated rings. The molecule has 1 aliphatic carbocycles. The summed E-state index contributed by atoms with van der Waals surface area (Å²) in [5, 5.41) is 0. The SMILES string of the molecule is CCONC(=O)c1ccc(C[NH+](Cc2ccccc2C)C2CCCCC2)o1. The second-order valence-electron chi connectivity index (χ2n) is 7.40. The van der Waals surface area contributed by atoms with Crippen LogP contribution in [0.1, 0.15) is 66.5 Å². The van der Waals surface area contributed by atoms with Crippen molar-refractivity contribution < 1.29 is 18.9 Å². The average Bonchev–Trinajstić information content (AvgIpc) is 3.16. The van der Waals surface area contributed by atoms with E-state index in [2.05, 4.69) is 36.7 Å². The molecule has 0 bridgehead atoms. The number of nitrogens with one attached hydrogen (secondary N) is 2. The number of quaternary nitrogens is 1. The van der Waals surface area contributed by atoms with Crippen LogP contribution in [-0.2, 0) is 17.9 Å². The van der Waals surface area contributed by atoms with Gasteiger partial charge in [-0.25, -0.2) is 5.48 Å². The summed E-state index contributed by atoms with van der Waals surface area (Å²) in [5.41, 5.74) is 5.11. The van der Waals surface area contributed by atoms with Crippen LogP contribution in [0, 0.1) is 6.92 Å². The fourth-order valence-corrected chi connectivity index (χ4v) is 3.92. The van der Waals surface area contributed by atoms with Crippen molar-refractivity contribution >= 4 is 5.91 Å². The van der Waals surface area contributed by atoms with E-state index in [1.165, 1.54) is 48.1 Å². The van der Waals surface area contributed by atoms with E-state index in [1.54, 1.807) is 6.07 Å². The van der Waals surface area contributed by atoms with Gasteiger partial charge in [-0.05, 0) is 57.2 Å². The molecular formula is C22H31N2O3+. The first-order chi connectivity index (χ1) is 13.2. The van der Waals surface area contributed by atoms with Crippen LogP contribution in [-0.4, -0.2) is 18.6 Å². The minimum absolute atomic E-state index is 0.303. The summed E-state index contributed by atoms with van der Waals surface area (Å²) in [4.78, 5) is 18.5. The molecule has 0 radical (unpaired) electrons. The minimum atomic E-state index is -0.332. The first-order valence-electron chi connectivity index (χ1n) is 10.1. The molecule has 2 aromatic rings. The Bertz CT molecular complexity index is 735. The zero-order valence-corrected chi connectivity index (χ0v) is 16.4. The van der Waals surface area contributed by atoms with Gasteiger partial charge >= 0.3 is 5.91 Å². The van der Waals surface area contributed by atoms with E-state index in [0.717, 1.165) is 18.8 Å². The molecular weight excluding hydrogens is 340 g/mol. The van der Waals surface area contributed by atoms with E-state index < -0.39 is 0 Å². The van der Waals surface area contributed by atoms with Gasteiger partial charge in [0.1, 0.15) is 13.1 Å². The summed E-state index contributed by atoms with van der Waals surface area (Å²) in [6.07, 6.45) is 6.49. The molecule has 3 rings (SSSR count). The maximum atomic E-state index is 12.0. The van der Waals surface area contributed by atoms with Gasteiger partial charge in [0.05, 0.1) is 12.6 Å². The Morgan fingerprint density at radius 1 is 1.15 bits per heavy atom. The Kier molecular flexibility index (Phi) is 7.07. The van der Waals surface area contributed by atoms with Crippen molar-refractivity contribution in [1.29, 1.82) is 0 Å². The predicted octanol–water partition coefficient (Wildman–Crippen LogP) is 3.19. The lowest BCUT2D eigenvalue weighted by Gasteiger charge is -2.31. The van der Waals surface area contributed by atoms with Crippen LogP contribution in [0.5, 0.6) is 0 Å². The second-order valence-corrected chi connectivity index (χ2v) is 7.40. The number of carbonyl (C=O) groups excluding carboxylic acids is 1. The van der Waals surface area contributed by atoms with Gasteiger partial charge in [-0.2, -0.15) is 0 Å². The van der Waals surface area contributed by atoms with E-state index in [-0.39, 0.29) is 5.91 Å². The lowest BCUT2D eigenvalue weighted by molar-refractivity contribution is -0.954. The first kappa shape index (κ1) is 19.6.